The van der Waals surface area contributed by atoms with E-state index in [4.69, 9.17) is 10.5 Å². The van der Waals surface area contributed by atoms with Crippen LogP contribution < -0.4 is 15.8 Å². The Hall–Kier alpha value is -1.33. The van der Waals surface area contributed by atoms with Crippen LogP contribution in [0.4, 0.5) is 4.39 Å². The molecule has 1 aliphatic rings. The summed E-state index contributed by atoms with van der Waals surface area (Å²) in [6, 6.07) is 5.77. The van der Waals surface area contributed by atoms with E-state index in [-0.39, 0.29) is 29.7 Å². The molecule has 1 aromatic rings. The molecule has 1 aliphatic carbocycles. The lowest BCUT2D eigenvalue weighted by Gasteiger charge is -2.30. The van der Waals surface area contributed by atoms with Crippen molar-refractivity contribution in [1.29, 1.82) is 0 Å². The van der Waals surface area contributed by atoms with Gasteiger partial charge in [0.2, 0.25) is 0 Å². The van der Waals surface area contributed by atoms with Crippen LogP contribution in [0.5, 0.6) is 5.75 Å². The Kier molecular flexibility index (Phi) is 6.42. The first kappa shape index (κ1) is 17.7. The first-order valence-corrected chi connectivity index (χ1v) is 6.99. The molecule has 1 aromatic carbocycles. The van der Waals surface area contributed by atoms with Crippen molar-refractivity contribution in [2.24, 2.45) is 5.73 Å². The van der Waals surface area contributed by atoms with Gasteiger partial charge < -0.3 is 15.8 Å². The maximum atomic E-state index is 13.1. The number of carbonyl (C=O) groups excluding carboxylic acids is 1. The normalized spacial score (nSPS) is 17.7. The van der Waals surface area contributed by atoms with Gasteiger partial charge in [0.1, 0.15) is 11.6 Å². The molecule has 1 atom stereocenters. The van der Waals surface area contributed by atoms with Crippen molar-refractivity contribution in [2.45, 2.75) is 44.2 Å². The number of nitrogens with two attached hydrogens (primary N) is 1. The van der Waals surface area contributed by atoms with Crippen molar-refractivity contribution in [3.63, 3.8) is 0 Å². The smallest absolute Gasteiger partial charge is 0.261 e. The Balaban J connectivity index is 0.00000220. The molecule has 0 bridgehead atoms. The molecule has 0 aromatic heterocycles. The molecule has 118 valence electrons. The Morgan fingerprint density at radius 1 is 1.48 bits per heavy atom. The van der Waals surface area contributed by atoms with Gasteiger partial charge in [0, 0.05) is 12.6 Å². The third-order valence-electron chi connectivity index (χ3n) is 3.82. The van der Waals surface area contributed by atoms with E-state index in [2.05, 4.69) is 5.32 Å². The number of ether oxygens (including phenoxy) is 1. The van der Waals surface area contributed by atoms with Gasteiger partial charge in [-0.2, -0.15) is 0 Å². The number of hydrogen-bond donors (Lipinski definition) is 2. The van der Waals surface area contributed by atoms with Crippen LogP contribution in [0, 0.1) is 5.82 Å². The topological polar surface area (TPSA) is 64.3 Å². The first-order valence-electron chi connectivity index (χ1n) is 6.99. The second-order valence-corrected chi connectivity index (χ2v) is 5.40. The molecule has 0 radical (unpaired) electrons. The molecular formula is C15H22ClFN2O2. The molecule has 4 nitrogen and oxygen atoms in total. The van der Waals surface area contributed by atoms with E-state index >= 15 is 0 Å². The summed E-state index contributed by atoms with van der Waals surface area (Å²) in [5.41, 5.74) is 5.49. The number of benzene rings is 1. The molecule has 3 N–H and O–H groups in total. The Labute approximate surface area is 130 Å². The van der Waals surface area contributed by atoms with E-state index in [1.807, 2.05) is 0 Å². The molecule has 1 fully saturated rings. The lowest BCUT2D eigenvalue weighted by molar-refractivity contribution is -0.129. The third-order valence-corrected chi connectivity index (χ3v) is 3.82. The summed E-state index contributed by atoms with van der Waals surface area (Å²) in [4.78, 5) is 12.2. The summed E-state index contributed by atoms with van der Waals surface area (Å²) in [6.45, 7) is 2.09. The van der Waals surface area contributed by atoms with E-state index in [1.54, 1.807) is 19.1 Å². The van der Waals surface area contributed by atoms with Crippen molar-refractivity contribution in [2.75, 3.05) is 6.54 Å². The number of amides is 1. The minimum absolute atomic E-state index is 0. The molecule has 1 amide bonds. The van der Waals surface area contributed by atoms with Gasteiger partial charge in [0.05, 0.1) is 5.54 Å². The fourth-order valence-electron chi connectivity index (χ4n) is 2.59. The monoisotopic (exact) mass is 316 g/mol. The molecule has 0 aliphatic heterocycles. The maximum absolute atomic E-state index is 13.1. The number of halogens is 2. The van der Waals surface area contributed by atoms with Gasteiger partial charge in [-0.05, 0) is 31.9 Å². The Bertz CT molecular complexity index is 478. The average Bonchev–Trinajstić information content (AvgIpc) is 2.88. The van der Waals surface area contributed by atoms with Crippen molar-refractivity contribution in [1.82, 2.24) is 5.32 Å². The van der Waals surface area contributed by atoms with Crippen LogP contribution in [-0.4, -0.2) is 24.1 Å². The highest BCUT2D eigenvalue weighted by Crippen LogP contribution is 2.28. The van der Waals surface area contributed by atoms with Crippen molar-refractivity contribution in [3.8, 4) is 5.75 Å². The van der Waals surface area contributed by atoms with Crippen LogP contribution in [0.25, 0.3) is 0 Å². The fraction of sp³-hybridized carbons (Fsp3) is 0.533. The number of hydrogen-bond acceptors (Lipinski definition) is 3. The second kappa shape index (κ2) is 7.61. The van der Waals surface area contributed by atoms with E-state index < -0.39 is 6.10 Å². The zero-order chi connectivity index (χ0) is 14.6. The van der Waals surface area contributed by atoms with E-state index in [1.165, 1.54) is 12.1 Å². The second-order valence-electron chi connectivity index (χ2n) is 5.40. The van der Waals surface area contributed by atoms with Crippen LogP contribution in [0.1, 0.15) is 32.6 Å². The van der Waals surface area contributed by atoms with E-state index in [0.717, 1.165) is 25.7 Å². The Morgan fingerprint density at radius 3 is 2.71 bits per heavy atom. The van der Waals surface area contributed by atoms with Gasteiger partial charge in [-0.1, -0.05) is 18.9 Å². The molecule has 0 spiro atoms. The van der Waals surface area contributed by atoms with Crippen molar-refractivity contribution in [3.05, 3.63) is 30.1 Å². The van der Waals surface area contributed by atoms with Gasteiger partial charge in [-0.3, -0.25) is 4.79 Å². The van der Waals surface area contributed by atoms with Crippen molar-refractivity contribution >= 4 is 18.3 Å². The van der Waals surface area contributed by atoms with Gasteiger partial charge in [-0.25, -0.2) is 4.39 Å². The van der Waals surface area contributed by atoms with Crippen LogP contribution >= 0.6 is 12.4 Å². The highest BCUT2D eigenvalue weighted by molar-refractivity contribution is 5.85. The Morgan fingerprint density at radius 2 is 2.14 bits per heavy atom. The highest BCUT2D eigenvalue weighted by Gasteiger charge is 2.35. The minimum Gasteiger partial charge on any atom is -0.481 e. The predicted molar refractivity (Wildman–Crippen MR) is 82.1 cm³/mol. The first-order chi connectivity index (χ1) is 9.54. The summed E-state index contributed by atoms with van der Waals surface area (Å²) >= 11 is 0. The van der Waals surface area contributed by atoms with Crippen LogP contribution in [0.3, 0.4) is 0 Å². The lowest BCUT2D eigenvalue weighted by atomic mass is 9.97. The average molecular weight is 317 g/mol. The van der Waals surface area contributed by atoms with E-state index in [0.29, 0.717) is 12.3 Å². The SMILES string of the molecule is CC(Oc1cccc(F)c1)C(=O)NC1(CN)CCCC1.Cl. The molecular weight excluding hydrogens is 295 g/mol. The molecule has 21 heavy (non-hydrogen) atoms. The highest BCUT2D eigenvalue weighted by atomic mass is 35.5. The summed E-state index contributed by atoms with van der Waals surface area (Å²) in [5.74, 6) is -0.244. The van der Waals surface area contributed by atoms with Crippen LogP contribution in [0.15, 0.2) is 24.3 Å². The quantitative estimate of drug-likeness (QED) is 0.876. The van der Waals surface area contributed by atoms with Gasteiger partial charge in [-0.15, -0.1) is 12.4 Å². The lowest BCUT2D eigenvalue weighted by Crippen LogP contribution is -2.54. The largest absolute Gasteiger partial charge is 0.481 e. The maximum Gasteiger partial charge on any atom is 0.261 e. The number of nitrogens with one attached hydrogen (secondary N) is 1. The zero-order valence-corrected chi connectivity index (χ0v) is 12.9. The standard InChI is InChI=1S/C15H21FN2O2.ClH/c1-11(20-13-6-4-5-12(16)9-13)14(19)18-15(10-17)7-2-3-8-15;/h4-6,9,11H,2-3,7-8,10,17H2,1H3,(H,18,19);1H. The fourth-order valence-corrected chi connectivity index (χ4v) is 2.59. The molecule has 0 saturated heterocycles. The summed E-state index contributed by atoms with van der Waals surface area (Å²) < 4.78 is 18.5. The summed E-state index contributed by atoms with van der Waals surface area (Å²) in [7, 11) is 0. The minimum atomic E-state index is -0.680. The zero-order valence-electron chi connectivity index (χ0n) is 12.1. The third kappa shape index (κ3) is 4.58. The van der Waals surface area contributed by atoms with Crippen molar-refractivity contribution < 1.29 is 13.9 Å². The van der Waals surface area contributed by atoms with E-state index in [9.17, 15) is 9.18 Å². The van der Waals surface area contributed by atoms with Gasteiger partial charge >= 0.3 is 0 Å². The summed E-state index contributed by atoms with van der Waals surface area (Å²) in [5, 5.41) is 2.99. The molecule has 1 unspecified atom stereocenters. The predicted octanol–water partition coefficient (Wildman–Crippen LogP) is 2.40. The molecule has 1 saturated carbocycles. The van der Waals surface area contributed by atoms with Gasteiger partial charge in [0.15, 0.2) is 6.10 Å². The van der Waals surface area contributed by atoms with Crippen LogP contribution in [0.2, 0.25) is 0 Å². The van der Waals surface area contributed by atoms with Crippen LogP contribution in [-0.2, 0) is 4.79 Å². The number of rotatable bonds is 5. The number of carbonyl (C=O) groups is 1. The molecule has 6 heteroatoms. The molecule has 0 heterocycles. The van der Waals surface area contributed by atoms with Gasteiger partial charge in [0.25, 0.3) is 5.91 Å². The molecule has 2 rings (SSSR count). The summed E-state index contributed by atoms with van der Waals surface area (Å²) in [6.07, 6.45) is 3.29.